The van der Waals surface area contributed by atoms with Gasteiger partial charge in [0.25, 0.3) is 0 Å². The Kier molecular flexibility index (Phi) is 4.66. The van der Waals surface area contributed by atoms with Gasteiger partial charge in [0.2, 0.25) is 0 Å². The molecule has 0 fully saturated rings. The first kappa shape index (κ1) is 14.2. The van der Waals surface area contributed by atoms with Crippen LogP contribution in [0.15, 0.2) is 18.2 Å². The largest absolute Gasteiger partial charge is 0.488 e. The Morgan fingerprint density at radius 3 is 3.05 bits per heavy atom. The van der Waals surface area contributed by atoms with Crippen LogP contribution in [0.5, 0.6) is 5.75 Å². The van der Waals surface area contributed by atoms with Gasteiger partial charge in [-0.25, -0.2) is 0 Å². The molecular formula is C14H18ClNO3. The topological polar surface area (TPSA) is 38.8 Å². The number of fused-ring (bicyclic) bond motifs is 1. The molecule has 1 aliphatic heterocycles. The number of benzene rings is 1. The molecule has 1 aromatic rings. The van der Waals surface area contributed by atoms with Gasteiger partial charge < -0.3 is 9.47 Å². The van der Waals surface area contributed by atoms with Gasteiger partial charge in [-0.1, -0.05) is 18.5 Å². The van der Waals surface area contributed by atoms with Crippen LogP contribution < -0.4 is 4.74 Å². The second-order valence-corrected chi connectivity index (χ2v) is 5.04. The van der Waals surface area contributed by atoms with Crippen LogP contribution in [0.2, 0.25) is 5.02 Å². The normalized spacial score (nSPS) is 17.2. The average molecular weight is 284 g/mol. The average Bonchev–Trinajstić information content (AvgIpc) is 2.79. The molecule has 0 spiro atoms. The quantitative estimate of drug-likeness (QED) is 0.776. The minimum atomic E-state index is -0.222. The summed E-state index contributed by atoms with van der Waals surface area (Å²) in [5.74, 6) is 0.670. The zero-order valence-electron chi connectivity index (χ0n) is 11.2. The molecule has 0 aromatic heterocycles. The van der Waals surface area contributed by atoms with E-state index in [0.717, 1.165) is 29.3 Å². The molecule has 1 heterocycles. The Balaban J connectivity index is 1.93. The predicted octanol–water partition coefficient (Wildman–Crippen LogP) is 2.14. The van der Waals surface area contributed by atoms with Gasteiger partial charge in [-0.3, -0.25) is 9.69 Å². The van der Waals surface area contributed by atoms with Crippen molar-refractivity contribution in [3.63, 3.8) is 0 Å². The maximum atomic E-state index is 11.3. The van der Waals surface area contributed by atoms with Gasteiger partial charge in [0.1, 0.15) is 11.9 Å². The molecule has 1 aliphatic rings. The van der Waals surface area contributed by atoms with E-state index in [0.29, 0.717) is 13.1 Å². The van der Waals surface area contributed by atoms with Crippen molar-refractivity contribution >= 4 is 17.6 Å². The second kappa shape index (κ2) is 6.26. The lowest BCUT2D eigenvalue weighted by atomic mass is 10.1. The Morgan fingerprint density at radius 1 is 1.58 bits per heavy atom. The van der Waals surface area contributed by atoms with Gasteiger partial charge >= 0.3 is 5.97 Å². The fourth-order valence-corrected chi connectivity index (χ4v) is 2.43. The summed E-state index contributed by atoms with van der Waals surface area (Å²) in [6.45, 7) is 3.80. The molecule has 19 heavy (non-hydrogen) atoms. The van der Waals surface area contributed by atoms with Crippen LogP contribution in [0.1, 0.15) is 12.5 Å². The van der Waals surface area contributed by atoms with E-state index in [-0.39, 0.29) is 12.1 Å². The van der Waals surface area contributed by atoms with Crippen molar-refractivity contribution in [3.8, 4) is 5.75 Å². The van der Waals surface area contributed by atoms with E-state index in [1.807, 2.05) is 30.0 Å². The van der Waals surface area contributed by atoms with Crippen molar-refractivity contribution in [2.75, 3.05) is 26.7 Å². The fourth-order valence-electron chi connectivity index (χ4n) is 2.23. The van der Waals surface area contributed by atoms with E-state index in [1.165, 1.54) is 7.11 Å². The van der Waals surface area contributed by atoms with Crippen LogP contribution in [0.3, 0.4) is 0 Å². The van der Waals surface area contributed by atoms with Crippen LogP contribution in [-0.2, 0) is 16.0 Å². The maximum absolute atomic E-state index is 11.3. The molecule has 5 heteroatoms. The highest BCUT2D eigenvalue weighted by molar-refractivity contribution is 6.30. The monoisotopic (exact) mass is 283 g/mol. The molecule has 1 aromatic carbocycles. The lowest BCUT2D eigenvalue weighted by molar-refractivity contribution is -0.142. The summed E-state index contributed by atoms with van der Waals surface area (Å²) in [5, 5.41) is 0.727. The Morgan fingerprint density at radius 2 is 2.37 bits per heavy atom. The Bertz CT molecular complexity index is 464. The van der Waals surface area contributed by atoms with Gasteiger partial charge in [0.05, 0.1) is 13.7 Å². The molecule has 0 radical (unpaired) electrons. The van der Waals surface area contributed by atoms with Gasteiger partial charge in [-0.15, -0.1) is 0 Å². The first-order valence-corrected chi connectivity index (χ1v) is 6.74. The fraction of sp³-hybridized carbons (Fsp3) is 0.500. The predicted molar refractivity (Wildman–Crippen MR) is 73.7 cm³/mol. The molecule has 1 unspecified atom stereocenters. The molecule has 0 N–H and O–H groups in total. The summed E-state index contributed by atoms with van der Waals surface area (Å²) in [6, 6.07) is 5.66. The number of carbonyl (C=O) groups excluding carboxylic acids is 1. The summed E-state index contributed by atoms with van der Waals surface area (Å²) < 4.78 is 10.5. The third kappa shape index (κ3) is 3.61. The summed E-state index contributed by atoms with van der Waals surface area (Å²) in [5.41, 5.74) is 1.13. The number of halogens is 1. The van der Waals surface area contributed by atoms with E-state index < -0.39 is 0 Å². The standard InChI is InChI=1S/C14H18ClNO3/c1-3-16(9-14(17)18-2)8-12-7-10-6-11(15)4-5-13(10)19-12/h4-6,12H,3,7-9H2,1-2H3. The SMILES string of the molecule is CCN(CC(=O)OC)CC1Cc2cc(Cl)ccc2O1. The van der Waals surface area contributed by atoms with E-state index >= 15 is 0 Å². The van der Waals surface area contributed by atoms with Crippen molar-refractivity contribution in [1.29, 1.82) is 0 Å². The van der Waals surface area contributed by atoms with Gasteiger partial charge in [0.15, 0.2) is 0 Å². The summed E-state index contributed by atoms with van der Waals surface area (Å²) in [7, 11) is 1.40. The maximum Gasteiger partial charge on any atom is 0.319 e. The second-order valence-electron chi connectivity index (χ2n) is 4.60. The highest BCUT2D eigenvalue weighted by atomic mass is 35.5. The third-order valence-corrected chi connectivity index (χ3v) is 3.49. The first-order valence-electron chi connectivity index (χ1n) is 6.36. The van der Waals surface area contributed by atoms with Crippen molar-refractivity contribution in [3.05, 3.63) is 28.8 Å². The van der Waals surface area contributed by atoms with Crippen LogP contribution in [0.25, 0.3) is 0 Å². The molecule has 0 saturated carbocycles. The number of methoxy groups -OCH3 is 1. The third-order valence-electron chi connectivity index (χ3n) is 3.25. The van der Waals surface area contributed by atoms with Crippen LogP contribution in [0, 0.1) is 0 Å². The molecule has 4 nitrogen and oxygen atoms in total. The number of carbonyl (C=O) groups is 1. The molecule has 0 saturated heterocycles. The van der Waals surface area contributed by atoms with Gasteiger partial charge in [-0.05, 0) is 30.3 Å². The molecule has 0 amide bonds. The number of hydrogen-bond acceptors (Lipinski definition) is 4. The van der Waals surface area contributed by atoms with Gasteiger partial charge in [0, 0.05) is 18.0 Å². The summed E-state index contributed by atoms with van der Waals surface area (Å²) in [6.07, 6.45) is 0.895. The van der Waals surface area contributed by atoms with Crippen molar-refractivity contribution < 1.29 is 14.3 Å². The molecule has 1 atom stereocenters. The van der Waals surface area contributed by atoms with E-state index in [9.17, 15) is 4.79 Å². The number of hydrogen-bond donors (Lipinski definition) is 0. The highest BCUT2D eigenvalue weighted by Gasteiger charge is 2.25. The van der Waals surface area contributed by atoms with Crippen LogP contribution in [-0.4, -0.2) is 43.7 Å². The number of likely N-dealkylation sites (N-methyl/N-ethyl adjacent to an activating group) is 1. The smallest absolute Gasteiger partial charge is 0.319 e. The minimum Gasteiger partial charge on any atom is -0.488 e. The number of esters is 1. The first-order chi connectivity index (χ1) is 9.12. The number of nitrogens with zero attached hydrogens (tertiary/aromatic N) is 1. The highest BCUT2D eigenvalue weighted by Crippen LogP contribution is 2.31. The minimum absolute atomic E-state index is 0.0677. The van der Waals surface area contributed by atoms with Crippen LogP contribution >= 0.6 is 11.6 Å². The van der Waals surface area contributed by atoms with E-state index in [4.69, 9.17) is 16.3 Å². The molecule has 0 bridgehead atoms. The molecule has 104 valence electrons. The van der Waals surface area contributed by atoms with Crippen LogP contribution in [0.4, 0.5) is 0 Å². The zero-order chi connectivity index (χ0) is 13.8. The van der Waals surface area contributed by atoms with Crippen molar-refractivity contribution in [1.82, 2.24) is 4.90 Å². The number of rotatable bonds is 5. The lowest BCUT2D eigenvalue weighted by Crippen LogP contribution is -2.38. The van der Waals surface area contributed by atoms with E-state index in [1.54, 1.807) is 0 Å². The zero-order valence-corrected chi connectivity index (χ0v) is 11.9. The summed E-state index contributed by atoms with van der Waals surface area (Å²) in [4.78, 5) is 13.3. The van der Waals surface area contributed by atoms with Crippen molar-refractivity contribution in [2.24, 2.45) is 0 Å². The lowest BCUT2D eigenvalue weighted by Gasteiger charge is -2.22. The molecular weight excluding hydrogens is 266 g/mol. The van der Waals surface area contributed by atoms with Crippen molar-refractivity contribution in [2.45, 2.75) is 19.4 Å². The molecule has 2 rings (SSSR count). The Labute approximate surface area is 118 Å². The summed E-state index contributed by atoms with van der Waals surface area (Å²) >= 11 is 5.96. The Hall–Kier alpha value is -1.26. The van der Waals surface area contributed by atoms with Gasteiger partial charge in [-0.2, -0.15) is 0 Å². The molecule has 0 aliphatic carbocycles. The number of ether oxygens (including phenoxy) is 2. The van der Waals surface area contributed by atoms with E-state index in [2.05, 4.69) is 4.74 Å².